The Balaban J connectivity index is 2.23. The average Bonchev–Trinajstić information content (AvgIpc) is 2.33. The van der Waals surface area contributed by atoms with Crippen LogP contribution in [0.25, 0.3) is 0 Å². The minimum absolute atomic E-state index is 0.285. The van der Waals surface area contributed by atoms with Gasteiger partial charge < -0.3 is 11.1 Å². The molecule has 0 bridgehead atoms. The Morgan fingerprint density at radius 2 is 2.00 bits per heavy atom. The van der Waals surface area contributed by atoms with E-state index < -0.39 is 0 Å². The molecule has 2 heteroatoms. The van der Waals surface area contributed by atoms with Gasteiger partial charge in [-0.3, -0.25) is 0 Å². The van der Waals surface area contributed by atoms with Crippen LogP contribution in [0.3, 0.4) is 0 Å². The molecule has 0 amide bonds. The number of nitrogens with one attached hydrogen (secondary N) is 1. The Morgan fingerprint density at radius 3 is 2.45 bits per heavy atom. The lowest BCUT2D eigenvalue weighted by molar-refractivity contribution is 0.356. The number of rotatable bonds is 3. The third-order valence-electron chi connectivity index (χ3n) is 2.56. The summed E-state index contributed by atoms with van der Waals surface area (Å²) in [5.41, 5.74) is 6.06. The molecule has 0 spiro atoms. The highest BCUT2D eigenvalue weighted by Gasteiger charge is 2.27. The van der Waals surface area contributed by atoms with Gasteiger partial charge in [-0.05, 0) is 26.7 Å². The summed E-state index contributed by atoms with van der Waals surface area (Å²) in [5, 5.41) is 3.53. The minimum Gasteiger partial charge on any atom is -0.327 e. The molecule has 2 nitrogen and oxygen atoms in total. The van der Waals surface area contributed by atoms with Crippen LogP contribution in [0, 0.1) is 0 Å². The van der Waals surface area contributed by atoms with Crippen molar-refractivity contribution in [3.8, 4) is 0 Å². The summed E-state index contributed by atoms with van der Waals surface area (Å²) in [4.78, 5) is 0. The fourth-order valence-electron chi connectivity index (χ4n) is 1.74. The van der Waals surface area contributed by atoms with Gasteiger partial charge in [-0.25, -0.2) is 0 Å². The van der Waals surface area contributed by atoms with Crippen LogP contribution in [0.15, 0.2) is 0 Å². The fraction of sp³-hybridized carbons (Fsp3) is 1.00. The zero-order chi connectivity index (χ0) is 8.32. The summed E-state index contributed by atoms with van der Waals surface area (Å²) < 4.78 is 0. The predicted molar refractivity (Wildman–Crippen MR) is 48.5 cm³/mol. The molecule has 0 aromatic rings. The molecule has 11 heavy (non-hydrogen) atoms. The standard InChI is InChI=1S/C9H20N2/c1-8(10)7-11-9(2)5-3-4-6-9/h8,11H,3-7,10H2,1-2H3. The monoisotopic (exact) mass is 156 g/mol. The molecule has 0 aromatic carbocycles. The van der Waals surface area contributed by atoms with Crippen molar-refractivity contribution in [2.75, 3.05) is 6.54 Å². The molecule has 0 heterocycles. The van der Waals surface area contributed by atoms with Gasteiger partial charge in [0.1, 0.15) is 0 Å². The first kappa shape index (κ1) is 9.01. The van der Waals surface area contributed by atoms with Crippen molar-refractivity contribution in [1.82, 2.24) is 5.32 Å². The highest BCUT2D eigenvalue weighted by Crippen LogP contribution is 2.28. The van der Waals surface area contributed by atoms with Crippen molar-refractivity contribution in [2.24, 2.45) is 5.73 Å². The molecule has 1 rings (SSSR count). The molecule has 0 radical (unpaired) electrons. The Morgan fingerprint density at radius 1 is 1.45 bits per heavy atom. The minimum atomic E-state index is 0.285. The number of hydrogen-bond acceptors (Lipinski definition) is 2. The summed E-state index contributed by atoms with van der Waals surface area (Å²) in [6.45, 7) is 5.31. The van der Waals surface area contributed by atoms with Crippen LogP contribution in [0.5, 0.6) is 0 Å². The first-order valence-corrected chi connectivity index (χ1v) is 4.63. The van der Waals surface area contributed by atoms with Crippen molar-refractivity contribution in [3.63, 3.8) is 0 Å². The van der Waals surface area contributed by atoms with Gasteiger partial charge in [0.05, 0.1) is 0 Å². The van der Waals surface area contributed by atoms with E-state index in [1.165, 1.54) is 25.7 Å². The van der Waals surface area contributed by atoms with Crippen molar-refractivity contribution in [1.29, 1.82) is 0 Å². The molecule has 1 saturated carbocycles. The van der Waals surface area contributed by atoms with E-state index >= 15 is 0 Å². The smallest absolute Gasteiger partial charge is 0.0154 e. The Labute approximate surface area is 69.5 Å². The molecule has 3 N–H and O–H groups in total. The molecular formula is C9H20N2. The number of hydrogen-bond donors (Lipinski definition) is 2. The zero-order valence-corrected chi connectivity index (χ0v) is 7.69. The van der Waals surface area contributed by atoms with E-state index in [0.717, 1.165) is 6.54 Å². The summed E-state index contributed by atoms with van der Waals surface area (Å²) in [5.74, 6) is 0. The summed E-state index contributed by atoms with van der Waals surface area (Å²) in [7, 11) is 0. The van der Waals surface area contributed by atoms with Crippen molar-refractivity contribution in [3.05, 3.63) is 0 Å². The Hall–Kier alpha value is -0.0800. The second kappa shape index (κ2) is 3.55. The molecule has 1 aliphatic carbocycles. The lowest BCUT2D eigenvalue weighted by Gasteiger charge is -2.26. The molecule has 1 atom stereocenters. The summed E-state index contributed by atoms with van der Waals surface area (Å²) >= 11 is 0. The second-order valence-electron chi connectivity index (χ2n) is 4.13. The molecule has 1 unspecified atom stereocenters. The summed E-state index contributed by atoms with van der Waals surface area (Å²) in [6.07, 6.45) is 5.39. The van der Waals surface area contributed by atoms with Crippen LogP contribution < -0.4 is 11.1 Å². The Kier molecular flexibility index (Phi) is 2.90. The van der Waals surface area contributed by atoms with E-state index in [1.54, 1.807) is 0 Å². The van der Waals surface area contributed by atoms with Crippen LogP contribution in [-0.4, -0.2) is 18.1 Å². The maximum Gasteiger partial charge on any atom is 0.0154 e. The van der Waals surface area contributed by atoms with Gasteiger partial charge in [0.25, 0.3) is 0 Å². The topological polar surface area (TPSA) is 38.0 Å². The molecule has 66 valence electrons. The van der Waals surface area contributed by atoms with Crippen LogP contribution in [0.2, 0.25) is 0 Å². The van der Waals surface area contributed by atoms with E-state index in [2.05, 4.69) is 12.2 Å². The van der Waals surface area contributed by atoms with Gasteiger partial charge in [-0.1, -0.05) is 12.8 Å². The maximum absolute atomic E-state index is 5.67. The van der Waals surface area contributed by atoms with Crippen LogP contribution in [0.4, 0.5) is 0 Å². The van der Waals surface area contributed by atoms with E-state index in [0.29, 0.717) is 5.54 Å². The third-order valence-corrected chi connectivity index (χ3v) is 2.56. The second-order valence-corrected chi connectivity index (χ2v) is 4.13. The van der Waals surface area contributed by atoms with Gasteiger partial charge in [0.2, 0.25) is 0 Å². The van der Waals surface area contributed by atoms with Crippen LogP contribution in [-0.2, 0) is 0 Å². The largest absolute Gasteiger partial charge is 0.327 e. The van der Waals surface area contributed by atoms with Gasteiger partial charge in [-0.2, -0.15) is 0 Å². The average molecular weight is 156 g/mol. The highest BCUT2D eigenvalue weighted by atomic mass is 15.0. The first-order valence-electron chi connectivity index (χ1n) is 4.63. The van der Waals surface area contributed by atoms with Crippen molar-refractivity contribution >= 4 is 0 Å². The van der Waals surface area contributed by atoms with Crippen LogP contribution in [0.1, 0.15) is 39.5 Å². The quantitative estimate of drug-likeness (QED) is 0.645. The molecule has 0 saturated heterocycles. The zero-order valence-electron chi connectivity index (χ0n) is 7.69. The Bertz CT molecular complexity index is 115. The summed E-state index contributed by atoms with van der Waals surface area (Å²) in [6, 6.07) is 0.285. The molecule has 1 aliphatic rings. The van der Waals surface area contributed by atoms with E-state index in [4.69, 9.17) is 5.73 Å². The first-order chi connectivity index (χ1) is 5.12. The van der Waals surface area contributed by atoms with E-state index in [-0.39, 0.29) is 6.04 Å². The van der Waals surface area contributed by atoms with E-state index in [1.807, 2.05) is 6.92 Å². The van der Waals surface area contributed by atoms with Gasteiger partial charge in [-0.15, -0.1) is 0 Å². The molecule has 1 fully saturated rings. The predicted octanol–water partition coefficient (Wildman–Crippen LogP) is 1.26. The van der Waals surface area contributed by atoms with Gasteiger partial charge in [0, 0.05) is 18.1 Å². The maximum atomic E-state index is 5.67. The molecular weight excluding hydrogens is 136 g/mol. The van der Waals surface area contributed by atoms with Gasteiger partial charge >= 0.3 is 0 Å². The normalized spacial score (nSPS) is 25.4. The van der Waals surface area contributed by atoms with Gasteiger partial charge in [0.15, 0.2) is 0 Å². The molecule has 0 aromatic heterocycles. The number of nitrogens with two attached hydrogens (primary N) is 1. The highest BCUT2D eigenvalue weighted by molar-refractivity contribution is 4.88. The molecule has 0 aliphatic heterocycles. The van der Waals surface area contributed by atoms with E-state index in [9.17, 15) is 0 Å². The fourth-order valence-corrected chi connectivity index (χ4v) is 1.74. The van der Waals surface area contributed by atoms with Crippen molar-refractivity contribution in [2.45, 2.75) is 51.1 Å². The lowest BCUT2D eigenvalue weighted by atomic mass is 10.0. The SMILES string of the molecule is CC(N)CNC1(C)CCCC1. The van der Waals surface area contributed by atoms with Crippen molar-refractivity contribution < 1.29 is 0 Å². The third kappa shape index (κ3) is 2.80. The lowest BCUT2D eigenvalue weighted by Crippen LogP contribution is -2.45. The van der Waals surface area contributed by atoms with Crippen LogP contribution >= 0.6 is 0 Å².